The Morgan fingerprint density at radius 2 is 2.12 bits per heavy atom. The van der Waals surface area contributed by atoms with Gasteiger partial charge in [0.15, 0.2) is 0 Å². The van der Waals surface area contributed by atoms with Crippen LogP contribution < -0.4 is 10.6 Å². The quantitative estimate of drug-likeness (QED) is 0.795. The number of nitrogens with zero attached hydrogens (tertiary/aromatic N) is 1. The number of nitriles is 1. The second kappa shape index (κ2) is 9.29. The summed E-state index contributed by atoms with van der Waals surface area (Å²) >= 11 is 0. The summed E-state index contributed by atoms with van der Waals surface area (Å²) in [7, 11) is 0. The van der Waals surface area contributed by atoms with Crippen molar-refractivity contribution in [1.29, 1.82) is 5.26 Å². The van der Waals surface area contributed by atoms with Crippen LogP contribution in [0.25, 0.3) is 0 Å². The standard InChI is InChI=1S/C19H27N3O2/c1-3-10-21-16-9-8-15(12-20)11-17(16)22-19(23)13-24-18-7-5-4-6-14(18)2/h8-9,11,14,18,21H,3-7,10,13H2,1-2H3,(H,22,23)/t14-,18-/m1/s1. The van der Waals surface area contributed by atoms with E-state index < -0.39 is 0 Å². The van der Waals surface area contributed by atoms with Gasteiger partial charge in [-0.1, -0.05) is 26.7 Å². The van der Waals surface area contributed by atoms with Gasteiger partial charge in [0.05, 0.1) is 29.1 Å². The van der Waals surface area contributed by atoms with Gasteiger partial charge in [-0.05, 0) is 43.4 Å². The number of carbonyl (C=O) groups is 1. The second-order valence-corrected chi connectivity index (χ2v) is 6.46. The van der Waals surface area contributed by atoms with Gasteiger partial charge in [-0.15, -0.1) is 0 Å². The Bertz CT molecular complexity index is 595. The lowest BCUT2D eigenvalue weighted by atomic mass is 9.88. The zero-order valence-electron chi connectivity index (χ0n) is 14.6. The molecule has 0 aromatic heterocycles. The maximum Gasteiger partial charge on any atom is 0.250 e. The molecule has 2 N–H and O–H groups in total. The Hall–Kier alpha value is -2.06. The van der Waals surface area contributed by atoms with Crippen LogP contribution in [-0.4, -0.2) is 25.2 Å². The number of hydrogen-bond acceptors (Lipinski definition) is 4. The minimum Gasteiger partial charge on any atom is -0.383 e. The van der Waals surface area contributed by atoms with Gasteiger partial charge in [0.1, 0.15) is 6.61 Å². The van der Waals surface area contributed by atoms with Crippen molar-refractivity contribution in [2.75, 3.05) is 23.8 Å². The van der Waals surface area contributed by atoms with Gasteiger partial charge in [-0.2, -0.15) is 5.26 Å². The summed E-state index contributed by atoms with van der Waals surface area (Å²) in [5.41, 5.74) is 1.98. The number of carbonyl (C=O) groups excluding carboxylic acids is 1. The van der Waals surface area contributed by atoms with Gasteiger partial charge in [-0.25, -0.2) is 0 Å². The van der Waals surface area contributed by atoms with Gasteiger partial charge >= 0.3 is 0 Å². The van der Waals surface area contributed by atoms with Gasteiger partial charge < -0.3 is 15.4 Å². The third-order valence-electron chi connectivity index (χ3n) is 4.45. The average molecular weight is 329 g/mol. The zero-order valence-corrected chi connectivity index (χ0v) is 14.6. The Kier molecular flexibility index (Phi) is 7.07. The molecular weight excluding hydrogens is 302 g/mol. The third kappa shape index (κ3) is 5.24. The summed E-state index contributed by atoms with van der Waals surface area (Å²) in [6, 6.07) is 7.37. The summed E-state index contributed by atoms with van der Waals surface area (Å²) < 4.78 is 5.81. The van der Waals surface area contributed by atoms with E-state index in [-0.39, 0.29) is 18.6 Å². The first-order valence-electron chi connectivity index (χ1n) is 8.83. The van der Waals surface area contributed by atoms with Gasteiger partial charge in [0.2, 0.25) is 5.91 Å². The van der Waals surface area contributed by atoms with Crippen LogP contribution in [0.5, 0.6) is 0 Å². The molecule has 0 saturated heterocycles. The smallest absolute Gasteiger partial charge is 0.250 e. The number of hydrogen-bond donors (Lipinski definition) is 2. The highest BCUT2D eigenvalue weighted by Crippen LogP contribution is 2.27. The molecule has 2 atom stereocenters. The lowest BCUT2D eigenvalue weighted by Crippen LogP contribution is -2.30. The van der Waals surface area contributed by atoms with Crippen molar-refractivity contribution in [3.05, 3.63) is 23.8 Å². The predicted octanol–water partition coefficient (Wildman–Crippen LogP) is 3.91. The molecule has 1 aliphatic rings. The number of amides is 1. The van der Waals surface area contributed by atoms with E-state index in [1.54, 1.807) is 12.1 Å². The summed E-state index contributed by atoms with van der Waals surface area (Å²) in [5.74, 6) is 0.331. The van der Waals surface area contributed by atoms with Crippen molar-refractivity contribution in [2.24, 2.45) is 5.92 Å². The van der Waals surface area contributed by atoms with Crippen LogP contribution >= 0.6 is 0 Å². The SMILES string of the molecule is CCCNc1ccc(C#N)cc1NC(=O)CO[C@@H]1CCCC[C@H]1C. The fourth-order valence-electron chi connectivity index (χ4n) is 3.03. The average Bonchev–Trinajstić information content (AvgIpc) is 2.60. The molecule has 130 valence electrons. The molecule has 0 heterocycles. The molecule has 1 saturated carbocycles. The highest BCUT2D eigenvalue weighted by molar-refractivity contribution is 5.95. The maximum absolute atomic E-state index is 12.2. The molecule has 1 aromatic carbocycles. The Balaban J connectivity index is 1.95. The molecule has 2 rings (SSSR count). The molecule has 0 radical (unpaired) electrons. The van der Waals surface area contributed by atoms with Crippen LogP contribution in [0.3, 0.4) is 0 Å². The molecule has 5 heteroatoms. The monoisotopic (exact) mass is 329 g/mol. The predicted molar refractivity (Wildman–Crippen MR) is 95.9 cm³/mol. The largest absolute Gasteiger partial charge is 0.383 e. The van der Waals surface area contributed by atoms with E-state index in [2.05, 4.69) is 30.6 Å². The van der Waals surface area contributed by atoms with E-state index in [0.717, 1.165) is 25.1 Å². The molecular formula is C19H27N3O2. The Morgan fingerprint density at radius 1 is 1.33 bits per heavy atom. The number of ether oxygens (including phenoxy) is 1. The lowest BCUT2D eigenvalue weighted by Gasteiger charge is -2.28. The van der Waals surface area contributed by atoms with Crippen molar-refractivity contribution in [1.82, 2.24) is 0 Å². The molecule has 0 bridgehead atoms. The Labute approximate surface area is 144 Å². The summed E-state index contributed by atoms with van der Waals surface area (Å²) in [6.07, 6.45) is 5.78. The van der Waals surface area contributed by atoms with Crippen LogP contribution in [0.15, 0.2) is 18.2 Å². The van der Waals surface area contributed by atoms with E-state index >= 15 is 0 Å². The highest BCUT2D eigenvalue weighted by atomic mass is 16.5. The van der Waals surface area contributed by atoms with Crippen LogP contribution in [0.2, 0.25) is 0 Å². The topological polar surface area (TPSA) is 74.2 Å². The highest BCUT2D eigenvalue weighted by Gasteiger charge is 2.22. The molecule has 1 aromatic rings. The third-order valence-corrected chi connectivity index (χ3v) is 4.45. The number of nitrogens with one attached hydrogen (secondary N) is 2. The minimum atomic E-state index is -0.178. The molecule has 0 unspecified atom stereocenters. The van der Waals surface area contributed by atoms with Crippen LogP contribution in [-0.2, 0) is 9.53 Å². The van der Waals surface area contributed by atoms with E-state index in [1.165, 1.54) is 19.3 Å². The maximum atomic E-state index is 12.2. The lowest BCUT2D eigenvalue weighted by molar-refractivity contribution is -0.124. The fraction of sp³-hybridized carbons (Fsp3) is 0.579. The first kappa shape index (κ1) is 18.3. The van der Waals surface area contributed by atoms with Crippen LogP contribution in [0.4, 0.5) is 11.4 Å². The van der Waals surface area contributed by atoms with Crippen LogP contribution in [0, 0.1) is 17.2 Å². The molecule has 0 aliphatic heterocycles. The second-order valence-electron chi connectivity index (χ2n) is 6.46. The van der Waals surface area contributed by atoms with Crippen LogP contribution in [0.1, 0.15) is 51.5 Å². The first-order chi connectivity index (χ1) is 11.6. The Morgan fingerprint density at radius 3 is 2.83 bits per heavy atom. The molecule has 0 spiro atoms. The molecule has 1 fully saturated rings. The van der Waals surface area contributed by atoms with E-state index in [9.17, 15) is 4.79 Å². The summed E-state index contributed by atoms with van der Waals surface area (Å²) in [6.45, 7) is 5.13. The van der Waals surface area contributed by atoms with Crippen molar-refractivity contribution >= 4 is 17.3 Å². The van der Waals surface area contributed by atoms with Gasteiger partial charge in [0, 0.05) is 6.54 Å². The van der Waals surface area contributed by atoms with E-state index in [0.29, 0.717) is 17.2 Å². The number of benzene rings is 1. The zero-order chi connectivity index (χ0) is 17.4. The molecule has 1 aliphatic carbocycles. The van der Waals surface area contributed by atoms with Crippen molar-refractivity contribution < 1.29 is 9.53 Å². The molecule has 24 heavy (non-hydrogen) atoms. The summed E-state index contributed by atoms with van der Waals surface area (Å²) in [5, 5.41) is 15.2. The molecule has 1 amide bonds. The van der Waals surface area contributed by atoms with Crippen molar-refractivity contribution in [2.45, 2.75) is 52.1 Å². The van der Waals surface area contributed by atoms with E-state index in [4.69, 9.17) is 10.00 Å². The van der Waals surface area contributed by atoms with Gasteiger partial charge in [-0.3, -0.25) is 4.79 Å². The van der Waals surface area contributed by atoms with Crippen molar-refractivity contribution in [3.63, 3.8) is 0 Å². The van der Waals surface area contributed by atoms with Crippen molar-refractivity contribution in [3.8, 4) is 6.07 Å². The normalized spacial score (nSPS) is 20.2. The summed E-state index contributed by atoms with van der Waals surface area (Å²) in [4.78, 5) is 12.2. The first-order valence-corrected chi connectivity index (χ1v) is 8.83. The van der Waals surface area contributed by atoms with Gasteiger partial charge in [0.25, 0.3) is 0 Å². The minimum absolute atomic E-state index is 0.0546. The number of rotatable bonds is 7. The molecule has 5 nitrogen and oxygen atoms in total. The fourth-order valence-corrected chi connectivity index (χ4v) is 3.03. The van der Waals surface area contributed by atoms with E-state index in [1.807, 2.05) is 6.07 Å². The number of anilines is 2.